The quantitative estimate of drug-likeness (QED) is 0.812. The van der Waals surface area contributed by atoms with Crippen LogP contribution in [0.15, 0.2) is 0 Å². The summed E-state index contributed by atoms with van der Waals surface area (Å²) in [5, 5.41) is 6.61. The van der Waals surface area contributed by atoms with Crippen LogP contribution in [0, 0.1) is 17.3 Å². The molecule has 3 unspecified atom stereocenters. The first-order chi connectivity index (χ1) is 9.21. The Bertz CT molecular complexity index is 307. The molecule has 0 aromatic carbocycles. The molecule has 0 saturated heterocycles. The topological polar surface area (TPSA) is 41.1 Å². The van der Waals surface area contributed by atoms with Crippen LogP contribution in [0.4, 0.5) is 0 Å². The van der Waals surface area contributed by atoms with Crippen LogP contribution in [0.5, 0.6) is 0 Å². The van der Waals surface area contributed by atoms with Crippen molar-refractivity contribution >= 4 is 5.91 Å². The molecule has 1 saturated carbocycles. The highest BCUT2D eigenvalue weighted by molar-refractivity contribution is 5.81. The van der Waals surface area contributed by atoms with Crippen molar-refractivity contribution in [1.29, 1.82) is 0 Å². The molecule has 3 atom stereocenters. The van der Waals surface area contributed by atoms with Gasteiger partial charge >= 0.3 is 0 Å². The number of hydrogen-bond donors (Lipinski definition) is 2. The highest BCUT2D eigenvalue weighted by atomic mass is 16.2. The van der Waals surface area contributed by atoms with Crippen LogP contribution in [-0.2, 0) is 4.79 Å². The fourth-order valence-corrected chi connectivity index (χ4v) is 3.22. The molecule has 0 bridgehead atoms. The average Bonchev–Trinajstić information content (AvgIpc) is 2.35. The van der Waals surface area contributed by atoms with Crippen molar-refractivity contribution in [2.45, 2.75) is 79.3 Å². The van der Waals surface area contributed by atoms with Crippen LogP contribution in [-0.4, -0.2) is 24.5 Å². The lowest BCUT2D eigenvalue weighted by Gasteiger charge is -2.42. The maximum Gasteiger partial charge on any atom is 0.236 e. The van der Waals surface area contributed by atoms with E-state index in [0.29, 0.717) is 23.3 Å². The van der Waals surface area contributed by atoms with Gasteiger partial charge in [-0.05, 0) is 37.0 Å². The van der Waals surface area contributed by atoms with Crippen molar-refractivity contribution < 1.29 is 4.79 Å². The first kappa shape index (κ1) is 17.5. The molecular weight excluding hydrogens is 248 g/mol. The lowest BCUT2D eigenvalue weighted by molar-refractivity contribution is -0.123. The van der Waals surface area contributed by atoms with Crippen LogP contribution < -0.4 is 10.6 Å². The second-order valence-corrected chi connectivity index (χ2v) is 7.89. The lowest BCUT2D eigenvalue weighted by Crippen LogP contribution is -2.52. The second kappa shape index (κ2) is 7.44. The maximum absolute atomic E-state index is 12.1. The van der Waals surface area contributed by atoms with Gasteiger partial charge in [-0.1, -0.05) is 47.5 Å². The van der Waals surface area contributed by atoms with Gasteiger partial charge in [-0.2, -0.15) is 0 Å². The molecule has 0 aromatic rings. The second-order valence-electron chi connectivity index (χ2n) is 7.89. The van der Waals surface area contributed by atoms with Crippen LogP contribution in [0.2, 0.25) is 0 Å². The van der Waals surface area contributed by atoms with E-state index in [4.69, 9.17) is 0 Å². The highest BCUT2D eigenvalue weighted by Gasteiger charge is 2.35. The molecule has 1 aliphatic rings. The van der Waals surface area contributed by atoms with Gasteiger partial charge in [0.15, 0.2) is 0 Å². The summed E-state index contributed by atoms with van der Waals surface area (Å²) in [6.45, 7) is 14.0. The molecule has 1 amide bonds. The van der Waals surface area contributed by atoms with Crippen molar-refractivity contribution in [1.82, 2.24) is 10.6 Å². The Morgan fingerprint density at radius 3 is 2.30 bits per heavy atom. The molecular formula is C17H34N2O. The Balaban J connectivity index is 2.53. The van der Waals surface area contributed by atoms with E-state index < -0.39 is 0 Å². The summed E-state index contributed by atoms with van der Waals surface area (Å²) in [5.41, 5.74) is 0.312. The predicted octanol–water partition coefficient (Wildman–Crippen LogP) is 3.34. The van der Waals surface area contributed by atoms with E-state index in [1.54, 1.807) is 0 Å². The largest absolute Gasteiger partial charge is 0.354 e. The summed E-state index contributed by atoms with van der Waals surface area (Å²) >= 11 is 0. The minimum Gasteiger partial charge on any atom is -0.354 e. The van der Waals surface area contributed by atoms with Crippen molar-refractivity contribution in [2.75, 3.05) is 6.54 Å². The molecule has 0 aromatic heterocycles. The summed E-state index contributed by atoms with van der Waals surface area (Å²) in [6.07, 6.45) is 5.09. The van der Waals surface area contributed by atoms with Gasteiger partial charge in [0.2, 0.25) is 5.91 Å². The molecule has 0 spiro atoms. The fraction of sp³-hybridized carbons (Fsp3) is 0.941. The van der Waals surface area contributed by atoms with E-state index in [9.17, 15) is 4.79 Å². The normalized spacial score (nSPS) is 25.6. The molecule has 0 radical (unpaired) electrons. The smallest absolute Gasteiger partial charge is 0.236 e. The predicted molar refractivity (Wildman–Crippen MR) is 85.6 cm³/mol. The highest BCUT2D eigenvalue weighted by Crippen LogP contribution is 2.38. The van der Waals surface area contributed by atoms with Crippen LogP contribution in [0.25, 0.3) is 0 Å². The van der Waals surface area contributed by atoms with Crippen molar-refractivity contribution in [3.05, 3.63) is 0 Å². The molecule has 3 heteroatoms. The Morgan fingerprint density at radius 2 is 1.75 bits per heavy atom. The van der Waals surface area contributed by atoms with E-state index >= 15 is 0 Å². The van der Waals surface area contributed by atoms with Gasteiger partial charge in [0.25, 0.3) is 0 Å². The molecule has 2 N–H and O–H groups in total. The average molecular weight is 282 g/mol. The molecule has 1 aliphatic carbocycles. The van der Waals surface area contributed by atoms with Crippen LogP contribution in [0.1, 0.15) is 67.2 Å². The molecule has 3 nitrogen and oxygen atoms in total. The lowest BCUT2D eigenvalue weighted by atomic mass is 9.69. The third-order valence-electron chi connectivity index (χ3n) is 4.42. The third-order valence-corrected chi connectivity index (χ3v) is 4.42. The van der Waals surface area contributed by atoms with Crippen molar-refractivity contribution in [3.63, 3.8) is 0 Å². The first-order valence-corrected chi connectivity index (χ1v) is 8.25. The Labute approximate surface area is 125 Å². The minimum absolute atomic E-state index is 0.0956. The first-order valence-electron chi connectivity index (χ1n) is 8.25. The third kappa shape index (κ3) is 5.43. The molecule has 20 heavy (non-hydrogen) atoms. The molecule has 1 rings (SSSR count). The van der Waals surface area contributed by atoms with Crippen molar-refractivity contribution in [2.24, 2.45) is 17.3 Å². The standard InChI is InChI=1S/C17H34N2O/c1-12(2)11-18-16(20)13(3)19-15-10-8-7-9-14(15)17(4,5)6/h12-15,19H,7-11H2,1-6H3,(H,18,20). The maximum atomic E-state index is 12.1. The van der Waals surface area contributed by atoms with Gasteiger partial charge in [-0.25, -0.2) is 0 Å². The number of amides is 1. The van der Waals surface area contributed by atoms with Gasteiger partial charge in [-0.3, -0.25) is 4.79 Å². The Morgan fingerprint density at radius 1 is 1.15 bits per heavy atom. The van der Waals surface area contributed by atoms with E-state index in [2.05, 4.69) is 45.3 Å². The molecule has 118 valence electrons. The summed E-state index contributed by atoms with van der Waals surface area (Å²) in [5.74, 6) is 1.30. The zero-order valence-corrected chi connectivity index (χ0v) is 14.3. The van der Waals surface area contributed by atoms with Crippen LogP contribution in [0.3, 0.4) is 0 Å². The van der Waals surface area contributed by atoms with Gasteiger partial charge in [-0.15, -0.1) is 0 Å². The molecule has 0 aliphatic heterocycles. The minimum atomic E-state index is -0.0956. The van der Waals surface area contributed by atoms with Gasteiger partial charge in [0, 0.05) is 12.6 Å². The monoisotopic (exact) mass is 282 g/mol. The zero-order valence-electron chi connectivity index (χ0n) is 14.3. The van der Waals surface area contributed by atoms with E-state index in [1.165, 1.54) is 25.7 Å². The van der Waals surface area contributed by atoms with E-state index in [1.807, 2.05) is 6.92 Å². The molecule has 1 fully saturated rings. The van der Waals surface area contributed by atoms with Gasteiger partial charge < -0.3 is 10.6 Å². The van der Waals surface area contributed by atoms with E-state index in [-0.39, 0.29) is 11.9 Å². The number of carbonyl (C=O) groups excluding carboxylic acids is 1. The zero-order chi connectivity index (χ0) is 15.3. The summed E-state index contributed by atoms with van der Waals surface area (Å²) in [4.78, 5) is 12.1. The van der Waals surface area contributed by atoms with Gasteiger partial charge in [0.05, 0.1) is 6.04 Å². The summed E-state index contributed by atoms with van der Waals surface area (Å²) in [6, 6.07) is 0.380. The molecule has 0 heterocycles. The number of rotatable bonds is 5. The number of nitrogens with one attached hydrogen (secondary N) is 2. The Kier molecular flexibility index (Phi) is 6.50. The summed E-state index contributed by atoms with van der Waals surface area (Å²) < 4.78 is 0. The van der Waals surface area contributed by atoms with Gasteiger partial charge in [0.1, 0.15) is 0 Å². The summed E-state index contributed by atoms with van der Waals surface area (Å²) in [7, 11) is 0. The van der Waals surface area contributed by atoms with E-state index in [0.717, 1.165) is 6.54 Å². The van der Waals surface area contributed by atoms with Crippen molar-refractivity contribution in [3.8, 4) is 0 Å². The van der Waals surface area contributed by atoms with Crippen LogP contribution >= 0.6 is 0 Å². The number of hydrogen-bond acceptors (Lipinski definition) is 2. The SMILES string of the molecule is CC(C)CNC(=O)C(C)NC1CCCCC1C(C)(C)C. The number of carbonyl (C=O) groups is 1. The Hall–Kier alpha value is -0.570. The fourth-order valence-electron chi connectivity index (χ4n) is 3.22.